The Morgan fingerprint density at radius 1 is 1.41 bits per heavy atom. The molecule has 0 aliphatic carbocycles. The molecule has 90 valence electrons. The van der Waals surface area contributed by atoms with E-state index in [2.05, 4.69) is 17.9 Å². The van der Waals surface area contributed by atoms with E-state index in [1.54, 1.807) is 12.0 Å². The Hall–Kier alpha value is -1.82. The van der Waals surface area contributed by atoms with Crippen molar-refractivity contribution in [3.05, 3.63) is 36.2 Å². The lowest BCUT2D eigenvalue weighted by molar-refractivity contribution is -0.117. The largest absolute Gasteiger partial charge is 0.497 e. The summed E-state index contributed by atoms with van der Waals surface area (Å²) in [6.07, 6.45) is 1.33. The molecule has 1 atom stereocenters. The van der Waals surface area contributed by atoms with Crippen LogP contribution in [0, 0.1) is 0 Å². The highest BCUT2D eigenvalue weighted by Crippen LogP contribution is 2.25. The van der Waals surface area contributed by atoms with Gasteiger partial charge in [-0.25, -0.2) is 0 Å². The monoisotopic (exact) mass is 251 g/mol. The standard InChI is InChI=1S/C11H13N3O2S/c1-16-8-4-2-7(3-5-8)14-9(12)6-10(15)13-11(14)17/h2-6,11,17H,12H2,1H3,(H,13,15). The molecule has 3 N–H and O–H groups in total. The molecule has 17 heavy (non-hydrogen) atoms. The number of anilines is 1. The average molecular weight is 251 g/mol. The molecule has 0 spiro atoms. The molecule has 1 amide bonds. The molecule has 0 fully saturated rings. The second-order valence-electron chi connectivity index (χ2n) is 3.52. The first-order chi connectivity index (χ1) is 8.11. The van der Waals surface area contributed by atoms with Crippen LogP contribution in [0.15, 0.2) is 36.2 Å². The molecular formula is C11H13N3O2S. The van der Waals surface area contributed by atoms with Crippen molar-refractivity contribution in [2.75, 3.05) is 12.0 Å². The summed E-state index contributed by atoms with van der Waals surface area (Å²) in [6, 6.07) is 7.33. The molecule has 5 nitrogen and oxygen atoms in total. The first kappa shape index (κ1) is 11.7. The summed E-state index contributed by atoms with van der Waals surface area (Å²) in [7, 11) is 1.60. The van der Waals surface area contributed by atoms with Gasteiger partial charge in [0.1, 0.15) is 11.6 Å². The highest BCUT2D eigenvalue weighted by Gasteiger charge is 2.24. The third-order valence-electron chi connectivity index (χ3n) is 2.42. The van der Waals surface area contributed by atoms with Crippen LogP contribution in [0.3, 0.4) is 0 Å². The molecule has 1 unspecified atom stereocenters. The number of thiol groups is 1. The van der Waals surface area contributed by atoms with Gasteiger partial charge in [-0.3, -0.25) is 9.69 Å². The van der Waals surface area contributed by atoms with E-state index in [9.17, 15) is 4.79 Å². The number of rotatable bonds is 2. The molecule has 0 saturated heterocycles. The molecule has 0 radical (unpaired) electrons. The Kier molecular flexibility index (Phi) is 3.14. The lowest BCUT2D eigenvalue weighted by atomic mass is 10.2. The molecule has 1 heterocycles. The van der Waals surface area contributed by atoms with Crippen LogP contribution < -0.4 is 20.7 Å². The number of benzene rings is 1. The second-order valence-corrected chi connectivity index (χ2v) is 4.01. The van der Waals surface area contributed by atoms with Crippen LogP contribution in [0.25, 0.3) is 0 Å². The first-order valence-electron chi connectivity index (χ1n) is 5.01. The molecule has 2 rings (SSSR count). The molecule has 6 heteroatoms. The van der Waals surface area contributed by atoms with Crippen LogP contribution in [0.2, 0.25) is 0 Å². The predicted octanol–water partition coefficient (Wildman–Crippen LogP) is 0.645. The Balaban J connectivity index is 2.31. The van der Waals surface area contributed by atoms with E-state index in [1.807, 2.05) is 24.3 Å². The lowest BCUT2D eigenvalue weighted by Crippen LogP contribution is -2.50. The van der Waals surface area contributed by atoms with Gasteiger partial charge in [-0.2, -0.15) is 0 Å². The fraction of sp³-hybridized carbons (Fsp3) is 0.182. The van der Waals surface area contributed by atoms with E-state index >= 15 is 0 Å². The van der Waals surface area contributed by atoms with Crippen molar-refractivity contribution >= 4 is 24.2 Å². The summed E-state index contributed by atoms with van der Waals surface area (Å²) < 4.78 is 5.07. The van der Waals surface area contributed by atoms with Crippen molar-refractivity contribution in [2.24, 2.45) is 5.73 Å². The van der Waals surface area contributed by atoms with Gasteiger partial charge in [-0.15, -0.1) is 12.6 Å². The Labute approximate surface area is 105 Å². The van der Waals surface area contributed by atoms with E-state index in [1.165, 1.54) is 6.08 Å². The lowest BCUT2D eigenvalue weighted by Gasteiger charge is -2.33. The predicted molar refractivity (Wildman–Crippen MR) is 68.7 cm³/mol. The summed E-state index contributed by atoms with van der Waals surface area (Å²) in [5, 5.41) is 2.65. The highest BCUT2D eigenvalue weighted by atomic mass is 32.1. The van der Waals surface area contributed by atoms with E-state index < -0.39 is 5.50 Å². The van der Waals surface area contributed by atoms with Crippen molar-refractivity contribution < 1.29 is 9.53 Å². The maximum absolute atomic E-state index is 11.2. The van der Waals surface area contributed by atoms with Gasteiger partial charge < -0.3 is 15.8 Å². The van der Waals surface area contributed by atoms with Crippen molar-refractivity contribution in [1.29, 1.82) is 0 Å². The third-order valence-corrected chi connectivity index (χ3v) is 2.78. The summed E-state index contributed by atoms with van der Waals surface area (Å²) in [5.41, 5.74) is 6.17. The average Bonchev–Trinajstić information content (AvgIpc) is 2.28. The summed E-state index contributed by atoms with van der Waals surface area (Å²) >= 11 is 4.28. The van der Waals surface area contributed by atoms with Gasteiger partial charge in [0, 0.05) is 11.8 Å². The molecule has 1 aliphatic heterocycles. The SMILES string of the molecule is COc1ccc(N2C(N)=CC(=O)NC2S)cc1. The molecule has 1 aromatic carbocycles. The minimum Gasteiger partial charge on any atom is -0.497 e. The van der Waals surface area contributed by atoms with Gasteiger partial charge in [0.05, 0.1) is 7.11 Å². The van der Waals surface area contributed by atoms with Crippen LogP contribution in [0.5, 0.6) is 5.75 Å². The Bertz CT molecular complexity index is 458. The fourth-order valence-corrected chi connectivity index (χ4v) is 2.01. The maximum Gasteiger partial charge on any atom is 0.249 e. The molecule has 0 aromatic heterocycles. The number of hydrogen-bond donors (Lipinski definition) is 3. The number of ether oxygens (including phenoxy) is 1. The first-order valence-corrected chi connectivity index (χ1v) is 5.52. The van der Waals surface area contributed by atoms with Crippen molar-refractivity contribution in [3.63, 3.8) is 0 Å². The van der Waals surface area contributed by atoms with E-state index in [4.69, 9.17) is 10.5 Å². The van der Waals surface area contributed by atoms with Gasteiger partial charge in [-0.05, 0) is 24.3 Å². The minimum absolute atomic E-state index is 0.243. The molecular weight excluding hydrogens is 238 g/mol. The fourth-order valence-electron chi connectivity index (χ4n) is 1.61. The van der Waals surface area contributed by atoms with Crippen LogP contribution >= 0.6 is 12.6 Å². The minimum atomic E-state index is -0.471. The number of methoxy groups -OCH3 is 1. The molecule has 1 aromatic rings. The summed E-state index contributed by atoms with van der Waals surface area (Å²) in [5.74, 6) is 0.874. The van der Waals surface area contributed by atoms with Gasteiger partial charge in [0.15, 0.2) is 5.50 Å². The Morgan fingerprint density at radius 3 is 2.59 bits per heavy atom. The van der Waals surface area contributed by atoms with Crippen molar-refractivity contribution in [1.82, 2.24) is 5.32 Å². The van der Waals surface area contributed by atoms with Crippen molar-refractivity contribution in [3.8, 4) is 5.75 Å². The quantitative estimate of drug-likeness (QED) is 0.675. The van der Waals surface area contributed by atoms with Gasteiger partial charge in [-0.1, -0.05) is 0 Å². The highest BCUT2D eigenvalue weighted by molar-refractivity contribution is 7.81. The van der Waals surface area contributed by atoms with Gasteiger partial charge in [0.25, 0.3) is 0 Å². The number of hydrogen-bond acceptors (Lipinski definition) is 5. The molecule has 0 saturated carbocycles. The zero-order chi connectivity index (χ0) is 12.4. The molecule has 0 bridgehead atoms. The van der Waals surface area contributed by atoms with Gasteiger partial charge >= 0.3 is 0 Å². The maximum atomic E-state index is 11.2. The number of amides is 1. The summed E-state index contributed by atoms with van der Waals surface area (Å²) in [4.78, 5) is 12.9. The van der Waals surface area contributed by atoms with Crippen LogP contribution in [0.4, 0.5) is 5.69 Å². The number of nitrogens with zero attached hydrogens (tertiary/aromatic N) is 1. The smallest absolute Gasteiger partial charge is 0.249 e. The van der Waals surface area contributed by atoms with Crippen LogP contribution in [0.1, 0.15) is 0 Å². The van der Waals surface area contributed by atoms with Crippen molar-refractivity contribution in [2.45, 2.75) is 5.50 Å². The van der Waals surface area contributed by atoms with E-state index in [0.717, 1.165) is 11.4 Å². The van der Waals surface area contributed by atoms with Crippen LogP contribution in [-0.2, 0) is 4.79 Å². The Morgan fingerprint density at radius 2 is 2.06 bits per heavy atom. The number of carbonyl (C=O) groups excluding carboxylic acids is 1. The zero-order valence-electron chi connectivity index (χ0n) is 9.25. The topological polar surface area (TPSA) is 67.6 Å². The van der Waals surface area contributed by atoms with Gasteiger partial charge in [0.2, 0.25) is 5.91 Å². The normalized spacial score (nSPS) is 19.6. The number of nitrogens with one attached hydrogen (secondary N) is 1. The van der Waals surface area contributed by atoms with E-state index in [-0.39, 0.29) is 5.91 Å². The zero-order valence-corrected chi connectivity index (χ0v) is 10.1. The summed E-state index contributed by atoms with van der Waals surface area (Å²) in [6.45, 7) is 0. The number of carbonyl (C=O) groups is 1. The van der Waals surface area contributed by atoms with E-state index in [0.29, 0.717) is 5.82 Å². The third kappa shape index (κ3) is 2.31. The van der Waals surface area contributed by atoms with Crippen LogP contribution in [-0.4, -0.2) is 18.5 Å². The number of nitrogens with two attached hydrogens (primary N) is 1. The second kappa shape index (κ2) is 4.58. The molecule has 1 aliphatic rings.